The van der Waals surface area contributed by atoms with Crippen molar-refractivity contribution in [1.82, 2.24) is 4.98 Å². The molecule has 1 aromatic rings. The molecule has 0 aliphatic rings. The van der Waals surface area contributed by atoms with E-state index in [-0.39, 0.29) is 24.2 Å². The zero-order valence-electron chi connectivity index (χ0n) is 10.4. The van der Waals surface area contributed by atoms with E-state index in [1.54, 1.807) is 6.92 Å². The highest BCUT2D eigenvalue weighted by Crippen LogP contribution is 2.30. The predicted octanol–water partition coefficient (Wildman–Crippen LogP) is 1.46. The summed E-state index contributed by atoms with van der Waals surface area (Å²) in [5.41, 5.74) is 5.76. The molecular formula is C11H13F3N2O3. The minimum absolute atomic E-state index is 0.0390. The van der Waals surface area contributed by atoms with Gasteiger partial charge in [0, 0.05) is 17.8 Å². The second-order valence-electron chi connectivity index (χ2n) is 3.70. The molecule has 0 aliphatic carbocycles. The van der Waals surface area contributed by atoms with E-state index >= 15 is 0 Å². The van der Waals surface area contributed by atoms with E-state index in [0.717, 1.165) is 7.11 Å². The lowest BCUT2D eigenvalue weighted by atomic mass is 10.1. The lowest BCUT2D eigenvalue weighted by Gasteiger charge is -2.16. The van der Waals surface area contributed by atoms with Crippen molar-refractivity contribution >= 4 is 5.97 Å². The Bertz CT molecular complexity index is 475. The smallest absolute Gasteiger partial charge is 0.469 e. The van der Waals surface area contributed by atoms with E-state index in [9.17, 15) is 18.0 Å². The zero-order chi connectivity index (χ0) is 14.6. The Labute approximate surface area is 107 Å². The normalized spacial score (nSPS) is 11.3. The average molecular weight is 278 g/mol. The van der Waals surface area contributed by atoms with Crippen molar-refractivity contribution in [3.63, 3.8) is 0 Å². The molecule has 0 aliphatic heterocycles. The molecule has 0 aromatic carbocycles. The van der Waals surface area contributed by atoms with Crippen LogP contribution >= 0.6 is 0 Å². The molecule has 0 amide bonds. The van der Waals surface area contributed by atoms with Gasteiger partial charge in [0.2, 0.25) is 0 Å². The molecule has 0 fully saturated rings. The molecule has 0 saturated carbocycles. The Morgan fingerprint density at radius 3 is 2.58 bits per heavy atom. The summed E-state index contributed by atoms with van der Waals surface area (Å²) < 4.78 is 45.4. The Balaban J connectivity index is 3.25. The molecule has 1 aromatic heterocycles. The van der Waals surface area contributed by atoms with Crippen LogP contribution in [0, 0.1) is 6.92 Å². The minimum atomic E-state index is -4.88. The van der Waals surface area contributed by atoms with Crippen LogP contribution in [0.3, 0.4) is 0 Å². The van der Waals surface area contributed by atoms with Crippen LogP contribution in [0.2, 0.25) is 0 Å². The maximum absolute atomic E-state index is 12.4. The molecular weight excluding hydrogens is 265 g/mol. The van der Waals surface area contributed by atoms with Crippen molar-refractivity contribution in [1.29, 1.82) is 0 Å². The summed E-state index contributed by atoms with van der Waals surface area (Å²) in [6.45, 7) is 1.35. The van der Waals surface area contributed by atoms with Gasteiger partial charge in [0.1, 0.15) is 0 Å². The lowest BCUT2D eigenvalue weighted by Crippen LogP contribution is -2.21. The molecule has 0 saturated heterocycles. The number of nitrogens with zero attached hydrogens (tertiary/aromatic N) is 1. The van der Waals surface area contributed by atoms with E-state index in [2.05, 4.69) is 14.5 Å². The summed E-state index contributed by atoms with van der Waals surface area (Å²) in [4.78, 5) is 15.1. The summed E-state index contributed by atoms with van der Waals surface area (Å²) >= 11 is 0. The first-order chi connectivity index (χ1) is 8.76. The number of aromatic nitrogens is 1. The van der Waals surface area contributed by atoms with E-state index in [0.29, 0.717) is 5.69 Å². The number of aryl methyl sites for hydroxylation is 1. The van der Waals surface area contributed by atoms with Crippen molar-refractivity contribution in [2.24, 2.45) is 5.73 Å². The number of ether oxygens (including phenoxy) is 2. The number of alkyl halides is 3. The molecule has 0 bridgehead atoms. The number of pyridine rings is 1. The summed E-state index contributed by atoms with van der Waals surface area (Å²) in [6, 6.07) is 1.33. The van der Waals surface area contributed by atoms with Gasteiger partial charge in [-0.1, -0.05) is 0 Å². The van der Waals surface area contributed by atoms with Crippen LogP contribution < -0.4 is 10.5 Å². The first kappa shape index (κ1) is 15.2. The standard InChI is InChI=1S/C11H13F3N2O3/c1-6-3-7(4-9(17)18-2)10(8(5-15)16-6)19-11(12,13)14/h3H,4-5,15H2,1-2H3. The van der Waals surface area contributed by atoms with Gasteiger partial charge >= 0.3 is 12.3 Å². The van der Waals surface area contributed by atoms with Crippen molar-refractivity contribution in [3.8, 4) is 5.75 Å². The molecule has 0 atom stereocenters. The van der Waals surface area contributed by atoms with Crippen LogP contribution in [0.4, 0.5) is 13.2 Å². The van der Waals surface area contributed by atoms with Gasteiger partial charge in [-0.25, -0.2) is 0 Å². The van der Waals surface area contributed by atoms with E-state index in [4.69, 9.17) is 5.73 Å². The number of esters is 1. The SMILES string of the molecule is COC(=O)Cc1cc(C)nc(CN)c1OC(F)(F)F. The number of hydrogen-bond acceptors (Lipinski definition) is 5. The fourth-order valence-corrected chi connectivity index (χ4v) is 1.54. The second kappa shape index (κ2) is 5.87. The van der Waals surface area contributed by atoms with Crippen molar-refractivity contribution < 1.29 is 27.4 Å². The first-order valence-corrected chi connectivity index (χ1v) is 5.29. The van der Waals surface area contributed by atoms with Gasteiger partial charge in [-0.3, -0.25) is 9.78 Å². The van der Waals surface area contributed by atoms with E-state index in [1.807, 2.05) is 0 Å². The van der Waals surface area contributed by atoms with Crippen molar-refractivity contribution in [2.75, 3.05) is 7.11 Å². The summed E-state index contributed by atoms with van der Waals surface area (Å²) in [5.74, 6) is -1.22. The van der Waals surface area contributed by atoms with Crippen LogP contribution in [-0.4, -0.2) is 24.4 Å². The number of rotatable bonds is 4. The van der Waals surface area contributed by atoms with Crippen LogP contribution in [0.5, 0.6) is 5.75 Å². The number of carbonyl (C=O) groups excluding carboxylic acids is 1. The molecule has 2 N–H and O–H groups in total. The third kappa shape index (κ3) is 4.40. The number of methoxy groups -OCH3 is 1. The maximum atomic E-state index is 12.4. The highest BCUT2D eigenvalue weighted by Gasteiger charge is 2.34. The van der Waals surface area contributed by atoms with Gasteiger partial charge in [-0.05, 0) is 13.0 Å². The van der Waals surface area contributed by atoms with Crippen LogP contribution in [-0.2, 0) is 22.5 Å². The van der Waals surface area contributed by atoms with Gasteiger partial charge in [-0.15, -0.1) is 13.2 Å². The largest absolute Gasteiger partial charge is 0.573 e. The van der Waals surface area contributed by atoms with Crippen LogP contribution in [0.15, 0.2) is 6.07 Å². The molecule has 5 nitrogen and oxygen atoms in total. The Morgan fingerprint density at radius 2 is 2.11 bits per heavy atom. The number of nitrogens with two attached hydrogens (primary N) is 1. The van der Waals surface area contributed by atoms with E-state index in [1.165, 1.54) is 6.07 Å². The van der Waals surface area contributed by atoms with Gasteiger partial charge < -0.3 is 15.2 Å². The van der Waals surface area contributed by atoms with Crippen LogP contribution in [0.1, 0.15) is 17.0 Å². The molecule has 0 radical (unpaired) electrons. The van der Waals surface area contributed by atoms with Crippen molar-refractivity contribution in [2.45, 2.75) is 26.3 Å². The third-order valence-corrected chi connectivity index (χ3v) is 2.22. The number of hydrogen-bond donors (Lipinski definition) is 1. The monoisotopic (exact) mass is 278 g/mol. The number of halogens is 3. The third-order valence-electron chi connectivity index (χ3n) is 2.22. The quantitative estimate of drug-likeness (QED) is 0.844. The average Bonchev–Trinajstić information content (AvgIpc) is 2.30. The van der Waals surface area contributed by atoms with E-state index < -0.39 is 18.1 Å². The summed E-state index contributed by atoms with van der Waals surface area (Å²) in [7, 11) is 1.14. The topological polar surface area (TPSA) is 74.4 Å². The molecule has 0 spiro atoms. The molecule has 8 heteroatoms. The van der Waals surface area contributed by atoms with Gasteiger partial charge in [0.05, 0.1) is 19.2 Å². The Morgan fingerprint density at radius 1 is 1.47 bits per heavy atom. The first-order valence-electron chi connectivity index (χ1n) is 5.29. The minimum Gasteiger partial charge on any atom is -0.469 e. The van der Waals surface area contributed by atoms with Crippen molar-refractivity contribution in [3.05, 3.63) is 23.0 Å². The van der Waals surface area contributed by atoms with Gasteiger partial charge in [0.25, 0.3) is 0 Å². The summed E-state index contributed by atoms with van der Waals surface area (Å²) in [5, 5.41) is 0. The Kier molecular flexibility index (Phi) is 4.71. The number of carbonyl (C=O) groups is 1. The van der Waals surface area contributed by atoms with Gasteiger partial charge in [0.15, 0.2) is 5.75 Å². The highest BCUT2D eigenvalue weighted by molar-refractivity contribution is 5.73. The molecule has 1 heterocycles. The Hall–Kier alpha value is -1.83. The second-order valence-corrected chi connectivity index (χ2v) is 3.70. The highest BCUT2D eigenvalue weighted by atomic mass is 19.4. The van der Waals surface area contributed by atoms with Crippen LogP contribution in [0.25, 0.3) is 0 Å². The summed E-state index contributed by atoms with van der Waals surface area (Å²) in [6.07, 6.45) is -5.23. The zero-order valence-corrected chi connectivity index (χ0v) is 10.4. The fraction of sp³-hybridized carbons (Fsp3) is 0.455. The van der Waals surface area contributed by atoms with Gasteiger partial charge in [-0.2, -0.15) is 0 Å². The molecule has 0 unspecified atom stereocenters. The molecule has 19 heavy (non-hydrogen) atoms. The molecule has 1 rings (SSSR count). The predicted molar refractivity (Wildman–Crippen MR) is 59.3 cm³/mol. The lowest BCUT2D eigenvalue weighted by molar-refractivity contribution is -0.275. The fourth-order valence-electron chi connectivity index (χ4n) is 1.54. The maximum Gasteiger partial charge on any atom is 0.573 e. The molecule has 106 valence electrons.